The molecule has 0 saturated carbocycles. The van der Waals surface area contributed by atoms with Crippen molar-refractivity contribution in [1.82, 2.24) is 5.32 Å². The number of benzene rings is 1. The second-order valence-corrected chi connectivity index (χ2v) is 6.52. The maximum atomic E-state index is 13.1. The smallest absolute Gasteiger partial charge is 0.417 e. The minimum atomic E-state index is -4.65. The highest BCUT2D eigenvalue weighted by Gasteiger charge is 2.37. The average Bonchev–Trinajstić information content (AvgIpc) is 3.32. The van der Waals surface area contributed by atoms with E-state index in [1.807, 2.05) is 0 Å². The summed E-state index contributed by atoms with van der Waals surface area (Å²) in [5, 5.41) is 15.2. The molecule has 1 amide bonds. The topological polar surface area (TPSA) is 62.5 Å². The van der Waals surface area contributed by atoms with Crippen molar-refractivity contribution in [2.75, 3.05) is 6.54 Å². The number of amides is 1. The number of alkyl halides is 3. The van der Waals surface area contributed by atoms with Crippen LogP contribution in [0.5, 0.6) is 0 Å². The molecule has 1 aromatic carbocycles. The van der Waals surface area contributed by atoms with Crippen molar-refractivity contribution in [1.29, 1.82) is 0 Å². The molecule has 8 heteroatoms. The molecule has 26 heavy (non-hydrogen) atoms. The van der Waals surface area contributed by atoms with Crippen LogP contribution < -0.4 is 5.32 Å². The van der Waals surface area contributed by atoms with Gasteiger partial charge in [0.05, 0.1) is 30.2 Å². The minimum Gasteiger partial charge on any atom is -0.472 e. The van der Waals surface area contributed by atoms with Gasteiger partial charge in [-0.15, -0.1) is 11.3 Å². The molecule has 0 radical (unpaired) electrons. The Balaban J connectivity index is 1.86. The number of nitrogens with one attached hydrogen (secondary N) is 1. The number of thiophene rings is 1. The summed E-state index contributed by atoms with van der Waals surface area (Å²) >= 11 is 1.26. The van der Waals surface area contributed by atoms with Gasteiger partial charge >= 0.3 is 6.18 Å². The van der Waals surface area contributed by atoms with Crippen LogP contribution >= 0.6 is 11.3 Å². The number of hydrogen-bond donors (Lipinski definition) is 2. The third-order valence-electron chi connectivity index (χ3n) is 3.91. The lowest BCUT2D eigenvalue weighted by Gasteiger charge is -2.26. The number of hydrogen-bond acceptors (Lipinski definition) is 4. The van der Waals surface area contributed by atoms with Gasteiger partial charge in [0.2, 0.25) is 0 Å². The van der Waals surface area contributed by atoms with Crippen LogP contribution in [0.25, 0.3) is 0 Å². The summed E-state index contributed by atoms with van der Waals surface area (Å²) in [7, 11) is 0. The Bertz CT molecular complexity index is 839. The first-order chi connectivity index (χ1) is 12.3. The van der Waals surface area contributed by atoms with Crippen molar-refractivity contribution < 1.29 is 27.5 Å². The van der Waals surface area contributed by atoms with E-state index in [0.717, 1.165) is 12.1 Å². The monoisotopic (exact) mass is 381 g/mol. The number of carbonyl (C=O) groups is 1. The molecular weight excluding hydrogens is 367 g/mol. The quantitative estimate of drug-likeness (QED) is 0.702. The van der Waals surface area contributed by atoms with E-state index in [2.05, 4.69) is 5.32 Å². The zero-order chi connectivity index (χ0) is 18.8. The van der Waals surface area contributed by atoms with Crippen LogP contribution in [0.2, 0.25) is 0 Å². The van der Waals surface area contributed by atoms with Crippen LogP contribution in [-0.4, -0.2) is 17.6 Å². The molecule has 2 N–H and O–H groups in total. The van der Waals surface area contributed by atoms with Gasteiger partial charge in [0, 0.05) is 10.4 Å². The molecular formula is C18H14F3NO3S. The fraction of sp³-hybridized carbons (Fsp3) is 0.167. The summed E-state index contributed by atoms with van der Waals surface area (Å²) in [6, 6.07) is 9.45. The molecule has 3 aromatic rings. The third-order valence-corrected chi connectivity index (χ3v) is 4.93. The number of furan rings is 1. The van der Waals surface area contributed by atoms with E-state index in [1.54, 1.807) is 17.5 Å². The van der Waals surface area contributed by atoms with Crippen LogP contribution in [0.4, 0.5) is 13.2 Å². The van der Waals surface area contributed by atoms with Crippen LogP contribution in [0.3, 0.4) is 0 Å². The minimum absolute atomic E-state index is 0.307. The average molecular weight is 381 g/mol. The van der Waals surface area contributed by atoms with E-state index < -0.39 is 28.8 Å². The van der Waals surface area contributed by atoms with Crippen molar-refractivity contribution >= 4 is 17.2 Å². The molecule has 4 nitrogen and oxygen atoms in total. The van der Waals surface area contributed by atoms with Gasteiger partial charge < -0.3 is 14.8 Å². The predicted octanol–water partition coefficient (Wildman–Crippen LogP) is 4.03. The van der Waals surface area contributed by atoms with Gasteiger partial charge in [0.1, 0.15) is 5.60 Å². The lowest BCUT2D eigenvalue weighted by Crippen LogP contribution is -2.41. The van der Waals surface area contributed by atoms with Gasteiger partial charge in [-0.05, 0) is 29.6 Å². The Morgan fingerprint density at radius 1 is 1.15 bits per heavy atom. The van der Waals surface area contributed by atoms with E-state index in [1.165, 1.54) is 42.1 Å². The molecule has 0 bridgehead atoms. The van der Waals surface area contributed by atoms with Crippen LogP contribution in [-0.2, 0) is 11.8 Å². The number of aliphatic hydroxyl groups is 1. The zero-order valence-electron chi connectivity index (χ0n) is 13.3. The molecule has 0 aliphatic rings. The van der Waals surface area contributed by atoms with Crippen LogP contribution in [0, 0.1) is 0 Å². The number of halogens is 3. The molecule has 0 aliphatic carbocycles. The maximum Gasteiger partial charge on any atom is 0.417 e. The Kier molecular flexibility index (Phi) is 4.88. The SMILES string of the molecule is O=C(NC[C@](O)(c1ccoc1)c1cccs1)c1ccccc1C(F)(F)F. The second kappa shape index (κ2) is 6.97. The van der Waals surface area contributed by atoms with E-state index in [-0.39, 0.29) is 6.54 Å². The predicted molar refractivity (Wildman–Crippen MR) is 89.8 cm³/mol. The summed E-state index contributed by atoms with van der Waals surface area (Å²) in [5.41, 5.74) is -2.74. The normalized spacial score (nSPS) is 14.0. The van der Waals surface area contributed by atoms with Crippen LogP contribution in [0.1, 0.15) is 26.4 Å². The van der Waals surface area contributed by atoms with Gasteiger partial charge in [-0.1, -0.05) is 18.2 Å². The first kappa shape index (κ1) is 18.2. The van der Waals surface area contributed by atoms with Crippen molar-refractivity contribution in [3.63, 3.8) is 0 Å². The zero-order valence-corrected chi connectivity index (χ0v) is 14.1. The lowest BCUT2D eigenvalue weighted by molar-refractivity contribution is -0.137. The number of rotatable bonds is 5. The summed E-state index contributed by atoms with van der Waals surface area (Å²) in [6.07, 6.45) is -1.95. The molecule has 0 saturated heterocycles. The Hall–Kier alpha value is -2.58. The summed E-state index contributed by atoms with van der Waals surface area (Å²) in [5.74, 6) is -0.920. The molecule has 0 unspecified atom stereocenters. The van der Waals surface area contributed by atoms with E-state index >= 15 is 0 Å². The standard InChI is InChI=1S/C18H14F3NO3S/c19-18(20,21)14-5-2-1-4-13(14)16(23)22-11-17(24,12-7-8-25-10-12)15-6-3-9-26-15/h1-10,24H,11H2,(H,22,23)/t17-/m0/s1. The Labute approximate surface area is 150 Å². The maximum absolute atomic E-state index is 13.1. The van der Waals surface area contributed by atoms with Crippen molar-refractivity contribution in [3.05, 3.63) is 81.9 Å². The molecule has 0 fully saturated rings. The van der Waals surface area contributed by atoms with E-state index in [0.29, 0.717) is 10.4 Å². The summed E-state index contributed by atoms with van der Waals surface area (Å²) < 4.78 is 44.3. The fourth-order valence-electron chi connectivity index (χ4n) is 2.58. The highest BCUT2D eigenvalue weighted by molar-refractivity contribution is 7.10. The lowest BCUT2D eigenvalue weighted by atomic mass is 9.94. The second-order valence-electron chi connectivity index (χ2n) is 5.58. The van der Waals surface area contributed by atoms with Crippen LogP contribution in [0.15, 0.2) is 64.8 Å². The van der Waals surface area contributed by atoms with Crippen molar-refractivity contribution in [2.45, 2.75) is 11.8 Å². The molecule has 0 aliphatic heterocycles. The molecule has 0 spiro atoms. The van der Waals surface area contributed by atoms with Crippen molar-refractivity contribution in [2.24, 2.45) is 0 Å². The molecule has 136 valence electrons. The van der Waals surface area contributed by atoms with Crippen molar-refractivity contribution in [3.8, 4) is 0 Å². The van der Waals surface area contributed by atoms with Gasteiger partial charge in [-0.2, -0.15) is 13.2 Å². The molecule has 2 heterocycles. The van der Waals surface area contributed by atoms with E-state index in [4.69, 9.17) is 4.42 Å². The molecule has 3 rings (SSSR count). The Morgan fingerprint density at radius 3 is 2.54 bits per heavy atom. The first-order valence-corrected chi connectivity index (χ1v) is 8.44. The highest BCUT2D eigenvalue weighted by atomic mass is 32.1. The fourth-order valence-corrected chi connectivity index (χ4v) is 3.42. The number of carbonyl (C=O) groups excluding carboxylic acids is 1. The Morgan fingerprint density at radius 2 is 1.92 bits per heavy atom. The van der Waals surface area contributed by atoms with Gasteiger partial charge in [-0.3, -0.25) is 4.79 Å². The van der Waals surface area contributed by atoms with Gasteiger partial charge in [0.15, 0.2) is 0 Å². The van der Waals surface area contributed by atoms with Gasteiger partial charge in [-0.25, -0.2) is 0 Å². The largest absolute Gasteiger partial charge is 0.472 e. The third kappa shape index (κ3) is 3.51. The summed E-state index contributed by atoms with van der Waals surface area (Å²) in [4.78, 5) is 12.9. The molecule has 2 aromatic heterocycles. The first-order valence-electron chi connectivity index (χ1n) is 7.56. The molecule has 1 atom stereocenters. The summed E-state index contributed by atoms with van der Waals surface area (Å²) in [6.45, 7) is -0.307. The highest BCUT2D eigenvalue weighted by Crippen LogP contribution is 2.34. The van der Waals surface area contributed by atoms with Gasteiger partial charge in [0.25, 0.3) is 5.91 Å². The van der Waals surface area contributed by atoms with E-state index in [9.17, 15) is 23.1 Å².